The summed E-state index contributed by atoms with van der Waals surface area (Å²) in [7, 11) is 0. The molecule has 5 heteroatoms. The van der Waals surface area contributed by atoms with E-state index in [4.69, 9.17) is 16.9 Å². The van der Waals surface area contributed by atoms with Crippen LogP contribution in [0.25, 0.3) is 5.03 Å². The molecule has 0 aliphatic carbocycles. The molecule has 0 saturated heterocycles. The van der Waals surface area contributed by atoms with Crippen molar-refractivity contribution < 1.29 is 0 Å². The Labute approximate surface area is 84.0 Å². The molecule has 2 heterocycles. The highest BCUT2D eigenvalue weighted by molar-refractivity contribution is 7.08. The summed E-state index contributed by atoms with van der Waals surface area (Å²) < 4.78 is 0. The van der Waals surface area contributed by atoms with Crippen molar-refractivity contribution in [2.24, 2.45) is 0 Å². The number of fused-ring (bicyclic) bond motifs is 1. The third-order valence-electron chi connectivity index (χ3n) is 1.86. The molecule has 0 saturated carbocycles. The number of rotatable bonds is 0. The molecule has 1 aromatic heterocycles. The van der Waals surface area contributed by atoms with E-state index in [2.05, 4.69) is 0 Å². The molecular formula is C8H4ClN2OS-. The molecule has 0 N–H and O–H groups in total. The van der Waals surface area contributed by atoms with E-state index in [1.807, 2.05) is 10.8 Å². The zero-order valence-electron chi connectivity index (χ0n) is 6.45. The summed E-state index contributed by atoms with van der Waals surface area (Å²) in [6.07, 6.45) is 0. The van der Waals surface area contributed by atoms with Crippen LogP contribution >= 0.6 is 22.9 Å². The maximum atomic E-state index is 11.3. The summed E-state index contributed by atoms with van der Waals surface area (Å²) in [5, 5.41) is 24.5. The van der Waals surface area contributed by atoms with Gasteiger partial charge in [0.25, 0.3) is 0 Å². The van der Waals surface area contributed by atoms with E-state index in [1.54, 1.807) is 6.07 Å². The van der Waals surface area contributed by atoms with Gasteiger partial charge >= 0.3 is 0 Å². The summed E-state index contributed by atoms with van der Waals surface area (Å²) in [5.41, 5.74) is 1.71. The molecule has 13 heavy (non-hydrogen) atoms. The Morgan fingerprint density at radius 2 is 2.38 bits per heavy atom. The first-order chi connectivity index (χ1) is 6.24. The molecule has 0 fully saturated rings. The molecule has 0 bridgehead atoms. The fourth-order valence-corrected chi connectivity index (χ4v) is 2.43. The fraction of sp³-hybridized carbons (Fsp3) is 0.125. The number of hydrogen-bond acceptors (Lipinski definition) is 4. The number of hydroxylamine groups is 2. The van der Waals surface area contributed by atoms with Gasteiger partial charge < -0.3 is 10.3 Å². The van der Waals surface area contributed by atoms with Crippen LogP contribution in [0, 0.1) is 16.5 Å². The van der Waals surface area contributed by atoms with E-state index in [0.717, 1.165) is 11.1 Å². The van der Waals surface area contributed by atoms with Crippen molar-refractivity contribution in [1.29, 1.82) is 5.26 Å². The lowest BCUT2D eigenvalue weighted by Gasteiger charge is -2.33. The zero-order valence-corrected chi connectivity index (χ0v) is 8.02. The van der Waals surface area contributed by atoms with Gasteiger partial charge in [-0.2, -0.15) is 16.6 Å². The number of hydrogen-bond donors (Lipinski definition) is 0. The first-order valence-electron chi connectivity index (χ1n) is 3.54. The molecule has 2 rings (SSSR count). The van der Waals surface area contributed by atoms with Gasteiger partial charge in [-0.1, -0.05) is 11.6 Å². The van der Waals surface area contributed by atoms with Crippen LogP contribution in [0.5, 0.6) is 0 Å². The van der Waals surface area contributed by atoms with Crippen LogP contribution in [-0.2, 0) is 6.54 Å². The van der Waals surface area contributed by atoms with Crippen LogP contribution in [-0.4, -0.2) is 5.06 Å². The van der Waals surface area contributed by atoms with E-state index in [9.17, 15) is 5.21 Å². The van der Waals surface area contributed by atoms with Gasteiger partial charge in [-0.05, 0) is 16.3 Å². The standard InChI is InChI=1S/C8H4ClN2OS/c9-8-6-4-13-3-5(6)2-11(12)7(8)1-10/h3-4H,2H2/q-1. The Kier molecular flexibility index (Phi) is 2.00. The second-order valence-electron chi connectivity index (χ2n) is 2.62. The maximum Gasteiger partial charge on any atom is 0.125 e. The predicted octanol–water partition coefficient (Wildman–Crippen LogP) is 2.49. The van der Waals surface area contributed by atoms with E-state index >= 15 is 0 Å². The molecule has 0 aromatic carbocycles. The largest absolute Gasteiger partial charge is 0.758 e. The van der Waals surface area contributed by atoms with Crippen LogP contribution in [0.1, 0.15) is 11.1 Å². The van der Waals surface area contributed by atoms with Crippen molar-refractivity contribution in [1.82, 2.24) is 5.06 Å². The van der Waals surface area contributed by atoms with Gasteiger partial charge in [-0.15, -0.1) is 0 Å². The SMILES string of the molecule is N#CC1=C(Cl)c2cscc2CN1[O-]. The topological polar surface area (TPSA) is 50.1 Å². The van der Waals surface area contributed by atoms with Gasteiger partial charge in [0.05, 0.1) is 5.03 Å². The second kappa shape index (κ2) is 3.04. The summed E-state index contributed by atoms with van der Waals surface area (Å²) in [4.78, 5) is 0. The minimum absolute atomic E-state index is 0.00701. The highest BCUT2D eigenvalue weighted by atomic mass is 35.5. The van der Waals surface area contributed by atoms with E-state index < -0.39 is 0 Å². The van der Waals surface area contributed by atoms with Crippen molar-refractivity contribution in [3.63, 3.8) is 0 Å². The first-order valence-corrected chi connectivity index (χ1v) is 4.86. The molecule has 1 aromatic rings. The second-order valence-corrected chi connectivity index (χ2v) is 3.74. The minimum atomic E-state index is 0.00701. The predicted molar refractivity (Wildman–Crippen MR) is 51.6 cm³/mol. The molecular weight excluding hydrogens is 208 g/mol. The van der Waals surface area contributed by atoms with Gasteiger partial charge in [0.2, 0.25) is 0 Å². The van der Waals surface area contributed by atoms with Crippen LogP contribution < -0.4 is 0 Å². The molecule has 0 radical (unpaired) electrons. The number of thiophene rings is 1. The van der Waals surface area contributed by atoms with Crippen molar-refractivity contribution in [2.75, 3.05) is 0 Å². The fourth-order valence-electron chi connectivity index (χ4n) is 1.21. The van der Waals surface area contributed by atoms with Gasteiger partial charge in [0, 0.05) is 12.1 Å². The third kappa shape index (κ3) is 1.22. The number of allylic oxidation sites excluding steroid dienone is 1. The molecule has 0 atom stereocenters. The summed E-state index contributed by atoms with van der Waals surface area (Å²) >= 11 is 7.35. The van der Waals surface area contributed by atoms with Crippen LogP contribution in [0.4, 0.5) is 0 Å². The first kappa shape index (κ1) is 8.57. The van der Waals surface area contributed by atoms with Gasteiger partial charge in [0.1, 0.15) is 11.8 Å². The molecule has 0 amide bonds. The minimum Gasteiger partial charge on any atom is -0.758 e. The summed E-state index contributed by atoms with van der Waals surface area (Å²) in [6.45, 7) is 0.220. The maximum absolute atomic E-state index is 11.3. The van der Waals surface area contributed by atoms with Crippen molar-refractivity contribution in [3.8, 4) is 6.07 Å². The highest BCUT2D eigenvalue weighted by Crippen LogP contribution is 2.35. The molecule has 1 aliphatic rings. The number of nitriles is 1. The van der Waals surface area contributed by atoms with Gasteiger partial charge in [-0.25, -0.2) is 0 Å². The van der Waals surface area contributed by atoms with Crippen molar-refractivity contribution >= 4 is 28.0 Å². The molecule has 66 valence electrons. The quantitative estimate of drug-likeness (QED) is 0.663. The van der Waals surface area contributed by atoms with Crippen LogP contribution in [0.2, 0.25) is 0 Å². The van der Waals surface area contributed by atoms with Gasteiger partial charge in [-0.3, -0.25) is 0 Å². The average molecular weight is 212 g/mol. The summed E-state index contributed by atoms with van der Waals surface area (Å²) in [6, 6.07) is 1.80. The number of nitrogens with zero attached hydrogens (tertiary/aromatic N) is 2. The van der Waals surface area contributed by atoms with Gasteiger partial charge in [0.15, 0.2) is 0 Å². The monoisotopic (exact) mass is 211 g/mol. The molecule has 0 spiro atoms. The summed E-state index contributed by atoms with van der Waals surface area (Å²) in [5.74, 6) is 0. The Hall–Kier alpha value is -1.02. The number of halogens is 1. The third-order valence-corrected chi connectivity index (χ3v) is 3.03. The molecule has 3 nitrogen and oxygen atoms in total. The van der Waals surface area contributed by atoms with Crippen molar-refractivity contribution in [3.05, 3.63) is 32.8 Å². The molecule has 0 unspecified atom stereocenters. The van der Waals surface area contributed by atoms with E-state index in [-0.39, 0.29) is 17.3 Å². The zero-order chi connectivity index (χ0) is 9.42. The lowest BCUT2D eigenvalue weighted by Crippen LogP contribution is -2.19. The smallest absolute Gasteiger partial charge is 0.125 e. The van der Waals surface area contributed by atoms with Crippen molar-refractivity contribution in [2.45, 2.75) is 6.54 Å². The van der Waals surface area contributed by atoms with E-state index in [0.29, 0.717) is 5.06 Å². The Bertz CT molecular complexity index is 418. The highest BCUT2D eigenvalue weighted by Gasteiger charge is 2.19. The average Bonchev–Trinajstić information content (AvgIpc) is 2.53. The normalized spacial score (nSPS) is 15.6. The van der Waals surface area contributed by atoms with E-state index in [1.165, 1.54) is 11.3 Å². The van der Waals surface area contributed by atoms with Crippen LogP contribution in [0.3, 0.4) is 0 Å². The van der Waals surface area contributed by atoms with Crippen LogP contribution in [0.15, 0.2) is 16.5 Å². The Morgan fingerprint density at radius 1 is 1.62 bits per heavy atom. The Balaban J connectivity index is 2.61. The lowest BCUT2D eigenvalue weighted by atomic mass is 10.1. The Morgan fingerprint density at radius 3 is 3.08 bits per heavy atom. The lowest BCUT2D eigenvalue weighted by molar-refractivity contribution is 0.475. The molecule has 1 aliphatic heterocycles.